The van der Waals surface area contributed by atoms with Gasteiger partial charge in [-0.2, -0.15) is 0 Å². The van der Waals surface area contributed by atoms with Crippen molar-refractivity contribution in [3.05, 3.63) is 12.2 Å². The smallest absolute Gasteiger partial charge is 0.303 e. The van der Waals surface area contributed by atoms with Gasteiger partial charge >= 0.3 is 11.9 Å². The molecule has 2 N–H and O–H groups in total. The van der Waals surface area contributed by atoms with Crippen LogP contribution in [0.15, 0.2) is 12.2 Å². The fourth-order valence-electron chi connectivity index (χ4n) is 5.94. The fourth-order valence-corrected chi connectivity index (χ4v) is 5.94. The second-order valence-electron chi connectivity index (χ2n) is 12.4. The Morgan fingerprint density at radius 3 is 1.21 bits per heavy atom. The predicted octanol–water partition coefficient (Wildman–Crippen LogP) is 8.05. The molecule has 0 bridgehead atoms. The van der Waals surface area contributed by atoms with E-state index < -0.39 is 17.9 Å². The first-order valence-corrected chi connectivity index (χ1v) is 17.4. The monoisotopic (exact) mass is 595 g/mol. The highest BCUT2D eigenvalue weighted by atomic mass is 16.4. The van der Waals surface area contributed by atoms with Crippen LogP contribution >= 0.6 is 0 Å². The van der Waals surface area contributed by atoms with Gasteiger partial charge < -0.3 is 24.6 Å². The van der Waals surface area contributed by atoms with Crippen LogP contribution < -0.4 is 5.11 Å². The number of carboxylic acids is 3. The molecule has 0 spiro atoms. The van der Waals surface area contributed by atoms with Crippen molar-refractivity contribution in [2.24, 2.45) is 0 Å². The summed E-state index contributed by atoms with van der Waals surface area (Å²) in [6.45, 7) is 5.03. The van der Waals surface area contributed by atoms with Gasteiger partial charge in [-0.05, 0) is 44.9 Å². The van der Waals surface area contributed by atoms with E-state index in [1.54, 1.807) is 0 Å². The van der Waals surface area contributed by atoms with Crippen molar-refractivity contribution in [3.8, 4) is 0 Å². The van der Waals surface area contributed by atoms with Gasteiger partial charge in [0.1, 0.15) is 0 Å². The Morgan fingerprint density at radius 2 is 0.833 bits per heavy atom. The average Bonchev–Trinajstić information content (AvgIpc) is 2.93. The number of aliphatic carboxylic acids is 3. The summed E-state index contributed by atoms with van der Waals surface area (Å²) >= 11 is 0. The Labute approximate surface area is 257 Å². The van der Waals surface area contributed by atoms with Gasteiger partial charge in [0.25, 0.3) is 0 Å². The van der Waals surface area contributed by atoms with Crippen molar-refractivity contribution in [1.29, 1.82) is 0 Å². The highest BCUT2D eigenvalue weighted by Gasteiger charge is 2.26. The van der Waals surface area contributed by atoms with E-state index in [-0.39, 0.29) is 19.3 Å². The topological polar surface area (TPSA) is 115 Å². The summed E-state index contributed by atoms with van der Waals surface area (Å²) in [5.74, 6) is -2.74. The lowest BCUT2D eigenvalue weighted by atomic mass is 10.0. The van der Waals surface area contributed by atoms with Crippen molar-refractivity contribution in [1.82, 2.24) is 0 Å². The largest absolute Gasteiger partial charge is 0.550 e. The van der Waals surface area contributed by atoms with Crippen LogP contribution in [0.3, 0.4) is 0 Å². The van der Waals surface area contributed by atoms with E-state index in [0.717, 1.165) is 19.4 Å². The van der Waals surface area contributed by atoms with E-state index in [2.05, 4.69) is 19.1 Å². The Kier molecular flexibility index (Phi) is 27.9. The van der Waals surface area contributed by atoms with Crippen molar-refractivity contribution in [2.75, 3.05) is 26.2 Å². The van der Waals surface area contributed by atoms with Crippen LogP contribution in [0.4, 0.5) is 0 Å². The van der Waals surface area contributed by atoms with Crippen molar-refractivity contribution < 1.29 is 34.2 Å². The summed E-state index contributed by atoms with van der Waals surface area (Å²) in [6.07, 6.45) is 30.8. The molecule has 0 rings (SSSR count). The summed E-state index contributed by atoms with van der Waals surface area (Å²) < 4.78 is 0.614. The molecule has 0 unspecified atom stereocenters. The van der Waals surface area contributed by atoms with Gasteiger partial charge in [0.05, 0.1) is 39.0 Å². The number of unbranched alkanes of at least 4 members (excludes halogenated alkanes) is 17. The number of hydrogen-bond acceptors (Lipinski definition) is 4. The summed E-state index contributed by atoms with van der Waals surface area (Å²) in [7, 11) is 0. The maximum Gasteiger partial charge on any atom is 0.303 e. The Morgan fingerprint density at radius 1 is 0.500 bits per heavy atom. The molecule has 0 aromatic heterocycles. The molecule has 0 aliphatic rings. The number of carbonyl (C=O) groups excluding carboxylic acids is 1. The van der Waals surface area contributed by atoms with E-state index in [0.29, 0.717) is 43.4 Å². The lowest BCUT2D eigenvalue weighted by Crippen LogP contribution is -2.51. The quantitative estimate of drug-likeness (QED) is 0.0451. The lowest BCUT2D eigenvalue weighted by molar-refractivity contribution is -0.929. The molecule has 0 aliphatic heterocycles. The summed E-state index contributed by atoms with van der Waals surface area (Å²) in [4.78, 5) is 33.1. The maximum absolute atomic E-state index is 11.1. The molecule has 0 aromatic rings. The minimum absolute atomic E-state index is 0.0193. The molecule has 0 atom stereocenters. The average molecular weight is 596 g/mol. The summed E-state index contributed by atoms with van der Waals surface area (Å²) in [6, 6.07) is 0. The molecule has 246 valence electrons. The first-order chi connectivity index (χ1) is 20.3. The van der Waals surface area contributed by atoms with E-state index in [1.165, 1.54) is 109 Å². The zero-order chi connectivity index (χ0) is 31.2. The van der Waals surface area contributed by atoms with Gasteiger partial charge in [-0.1, -0.05) is 103 Å². The first-order valence-electron chi connectivity index (χ1n) is 17.4. The second kappa shape index (κ2) is 29.2. The molecule has 0 radical (unpaired) electrons. The highest BCUT2D eigenvalue weighted by molar-refractivity contribution is 5.66. The fraction of sp³-hybridized carbons (Fsp3) is 0.857. The van der Waals surface area contributed by atoms with Gasteiger partial charge in [-0.15, -0.1) is 0 Å². The van der Waals surface area contributed by atoms with Gasteiger partial charge in [0, 0.05) is 25.2 Å². The lowest BCUT2D eigenvalue weighted by Gasteiger charge is -2.39. The van der Waals surface area contributed by atoms with Crippen LogP contribution in [0.2, 0.25) is 0 Å². The highest BCUT2D eigenvalue weighted by Crippen LogP contribution is 2.19. The van der Waals surface area contributed by atoms with Crippen LogP contribution in [0.25, 0.3) is 0 Å². The van der Waals surface area contributed by atoms with Crippen LogP contribution in [0.5, 0.6) is 0 Å². The van der Waals surface area contributed by atoms with E-state index in [9.17, 15) is 19.5 Å². The first kappa shape index (κ1) is 40.1. The number of hydrogen-bond donors (Lipinski definition) is 2. The molecule has 42 heavy (non-hydrogen) atoms. The standard InChI is InChI=1S/C35H65NO6/c1-2-3-4-5-6-7-8-9-10-11-12-13-14-15-16-17-18-19-20-21-22-29-36(30-23-26-33(37)38,31-24-27-34(39)40)32-25-28-35(41)42/h8-9H,2-7,10-32H2,1H3,(H2-,37,38,39,40,41,42)/b9-8+. The molecule has 0 fully saturated rings. The minimum Gasteiger partial charge on any atom is -0.550 e. The number of quaternary nitrogens is 1. The number of allylic oxidation sites excluding steroid dienone is 2. The number of nitrogens with zero attached hydrogens (tertiary/aromatic N) is 1. The second-order valence-corrected chi connectivity index (χ2v) is 12.4. The zero-order valence-electron chi connectivity index (χ0n) is 27.1. The number of rotatable bonds is 33. The minimum atomic E-state index is -1.07. The van der Waals surface area contributed by atoms with E-state index in [1.807, 2.05) is 0 Å². The predicted molar refractivity (Wildman–Crippen MR) is 170 cm³/mol. The summed E-state index contributed by atoms with van der Waals surface area (Å²) in [5, 5.41) is 29.2. The molecule has 0 aromatic carbocycles. The SMILES string of the molecule is CCCCCCC/C=C/CCCCCCCCCCCCCC[N+](CCCC(=O)[O-])(CCCC(=O)O)CCCC(=O)O. The van der Waals surface area contributed by atoms with E-state index >= 15 is 0 Å². The van der Waals surface area contributed by atoms with Crippen LogP contribution in [-0.2, 0) is 14.4 Å². The van der Waals surface area contributed by atoms with Crippen LogP contribution in [-0.4, -0.2) is 58.8 Å². The van der Waals surface area contributed by atoms with Gasteiger partial charge in [-0.25, -0.2) is 0 Å². The summed E-state index contributed by atoms with van der Waals surface area (Å²) in [5.41, 5.74) is 0. The molecule has 0 saturated carbocycles. The van der Waals surface area contributed by atoms with Crippen molar-refractivity contribution >= 4 is 17.9 Å². The normalized spacial score (nSPS) is 11.8. The zero-order valence-corrected chi connectivity index (χ0v) is 27.1. The Hall–Kier alpha value is -1.89. The number of carbonyl (C=O) groups is 3. The van der Waals surface area contributed by atoms with Crippen LogP contribution in [0.1, 0.15) is 167 Å². The molecule has 0 aliphatic carbocycles. The number of carboxylic acid groups (broad SMARTS) is 3. The Bertz CT molecular complexity index is 643. The van der Waals surface area contributed by atoms with Crippen molar-refractivity contribution in [3.63, 3.8) is 0 Å². The molecule has 7 heteroatoms. The molecule has 7 nitrogen and oxygen atoms in total. The van der Waals surface area contributed by atoms with Gasteiger partial charge in [0.15, 0.2) is 0 Å². The Balaban J connectivity index is 4.04. The molecule has 0 heterocycles. The van der Waals surface area contributed by atoms with Gasteiger partial charge in [-0.3, -0.25) is 9.59 Å². The third-order valence-corrected chi connectivity index (χ3v) is 8.45. The molecular weight excluding hydrogens is 530 g/mol. The molecule has 0 saturated heterocycles. The molecular formula is C35H65NO6. The third kappa shape index (κ3) is 28.2. The maximum atomic E-state index is 11.1. The van der Waals surface area contributed by atoms with Crippen LogP contribution in [0, 0.1) is 0 Å². The third-order valence-electron chi connectivity index (χ3n) is 8.45. The van der Waals surface area contributed by atoms with Gasteiger partial charge in [0.2, 0.25) is 0 Å². The van der Waals surface area contributed by atoms with Crippen molar-refractivity contribution in [2.45, 2.75) is 167 Å². The van der Waals surface area contributed by atoms with E-state index in [4.69, 9.17) is 10.2 Å². The molecule has 0 amide bonds.